The maximum absolute atomic E-state index is 12.9. The minimum Gasteiger partial charge on any atom is -0.352 e. The summed E-state index contributed by atoms with van der Waals surface area (Å²) in [5.74, 6) is -1.65. The van der Waals surface area contributed by atoms with E-state index in [0.29, 0.717) is 23.9 Å². The molecule has 1 aromatic heterocycles. The van der Waals surface area contributed by atoms with Crippen molar-refractivity contribution in [3.8, 4) is 0 Å². The Morgan fingerprint density at radius 3 is 2.69 bits per heavy atom. The van der Waals surface area contributed by atoms with Crippen LogP contribution in [0.15, 0.2) is 36.5 Å². The minimum absolute atomic E-state index is 0.0415. The standard InChI is InChI=1S/C21H25F3N4O3S/c1-25-32(30,31)28-11-3-10-26-20(29)16-12-15-4-2-5-18(19(15)27-13-16)14-6-8-17(9-7-14)21(22,23)24/h2,4-6,12-13,17,25,28H,3,7-11H2,1H3,(H,26,29)/t17-/m1/s1. The summed E-state index contributed by atoms with van der Waals surface area (Å²) in [6.45, 7) is 0.448. The zero-order valence-electron chi connectivity index (χ0n) is 17.5. The van der Waals surface area contributed by atoms with Crippen molar-refractivity contribution in [2.75, 3.05) is 20.1 Å². The average Bonchev–Trinajstić information content (AvgIpc) is 2.77. The summed E-state index contributed by atoms with van der Waals surface area (Å²) < 4.78 is 65.8. The molecule has 0 spiro atoms. The summed E-state index contributed by atoms with van der Waals surface area (Å²) in [6.07, 6.45) is -0.363. The molecule has 3 rings (SSSR count). The van der Waals surface area contributed by atoms with Gasteiger partial charge in [-0.15, -0.1) is 0 Å². The maximum Gasteiger partial charge on any atom is 0.392 e. The van der Waals surface area contributed by atoms with Crippen molar-refractivity contribution in [2.24, 2.45) is 5.92 Å². The van der Waals surface area contributed by atoms with Gasteiger partial charge in [-0.3, -0.25) is 9.78 Å². The van der Waals surface area contributed by atoms with Gasteiger partial charge in [0, 0.05) is 37.3 Å². The Morgan fingerprint density at radius 2 is 2.03 bits per heavy atom. The van der Waals surface area contributed by atoms with Gasteiger partial charge in [-0.05, 0) is 37.3 Å². The first-order valence-corrected chi connectivity index (χ1v) is 11.7. The molecular formula is C21H25F3N4O3S. The van der Waals surface area contributed by atoms with Crippen LogP contribution in [0, 0.1) is 5.92 Å². The van der Waals surface area contributed by atoms with Crippen LogP contribution >= 0.6 is 0 Å². The second-order valence-electron chi connectivity index (χ2n) is 7.55. The van der Waals surface area contributed by atoms with Gasteiger partial charge in [-0.25, -0.2) is 9.44 Å². The number of benzene rings is 1. The zero-order valence-corrected chi connectivity index (χ0v) is 18.3. The van der Waals surface area contributed by atoms with Crippen LogP contribution in [0.5, 0.6) is 0 Å². The third-order valence-corrected chi connectivity index (χ3v) is 6.51. The van der Waals surface area contributed by atoms with Gasteiger partial charge in [0.25, 0.3) is 16.1 Å². The summed E-state index contributed by atoms with van der Waals surface area (Å²) in [4.78, 5) is 16.8. The zero-order chi connectivity index (χ0) is 23.4. The fourth-order valence-electron chi connectivity index (χ4n) is 3.59. The monoisotopic (exact) mass is 470 g/mol. The molecule has 0 bridgehead atoms. The largest absolute Gasteiger partial charge is 0.392 e. The van der Waals surface area contributed by atoms with E-state index in [1.807, 2.05) is 6.07 Å². The number of aromatic nitrogens is 1. The van der Waals surface area contributed by atoms with Crippen LogP contribution < -0.4 is 14.8 Å². The fourth-order valence-corrected chi connectivity index (χ4v) is 4.15. The molecule has 0 fully saturated rings. The number of rotatable bonds is 8. The fraction of sp³-hybridized carbons (Fsp3) is 0.429. The van der Waals surface area contributed by atoms with Crippen LogP contribution in [-0.4, -0.2) is 45.6 Å². The quantitative estimate of drug-likeness (QED) is 0.516. The van der Waals surface area contributed by atoms with Gasteiger partial charge >= 0.3 is 6.18 Å². The number of halogens is 3. The van der Waals surface area contributed by atoms with E-state index in [1.165, 1.54) is 13.2 Å². The second kappa shape index (κ2) is 9.97. The first-order valence-electron chi connectivity index (χ1n) is 10.2. The molecule has 1 amide bonds. The molecule has 32 heavy (non-hydrogen) atoms. The van der Waals surface area contributed by atoms with Crippen LogP contribution in [0.1, 0.15) is 41.6 Å². The Morgan fingerprint density at radius 1 is 1.25 bits per heavy atom. The summed E-state index contributed by atoms with van der Waals surface area (Å²) in [7, 11) is -2.21. The molecule has 1 aromatic carbocycles. The highest BCUT2D eigenvalue weighted by atomic mass is 32.2. The van der Waals surface area contributed by atoms with Crippen molar-refractivity contribution in [3.63, 3.8) is 0 Å². The van der Waals surface area contributed by atoms with E-state index in [2.05, 4.69) is 19.7 Å². The van der Waals surface area contributed by atoms with Crippen LogP contribution in [0.25, 0.3) is 16.5 Å². The van der Waals surface area contributed by atoms with E-state index < -0.39 is 22.3 Å². The van der Waals surface area contributed by atoms with Gasteiger partial charge in [0.15, 0.2) is 0 Å². The number of nitrogens with one attached hydrogen (secondary N) is 3. The lowest BCUT2D eigenvalue weighted by molar-refractivity contribution is -0.175. The number of allylic oxidation sites excluding steroid dienone is 2. The number of nitrogens with zero attached hydrogens (tertiary/aromatic N) is 1. The third-order valence-electron chi connectivity index (χ3n) is 5.39. The molecule has 174 valence electrons. The van der Waals surface area contributed by atoms with Gasteiger partial charge in [-0.2, -0.15) is 21.6 Å². The SMILES string of the molecule is CNS(=O)(=O)NCCCNC(=O)c1cnc2c(C3=CC[C@@H](C(F)(F)F)CC3)cccc2c1. The smallest absolute Gasteiger partial charge is 0.352 e. The Bertz CT molecular complexity index is 1120. The maximum atomic E-state index is 12.9. The summed E-state index contributed by atoms with van der Waals surface area (Å²) in [5.41, 5.74) is 2.61. The summed E-state index contributed by atoms with van der Waals surface area (Å²) in [5, 5.41) is 3.43. The number of carbonyl (C=O) groups is 1. The number of hydrogen-bond acceptors (Lipinski definition) is 4. The first kappa shape index (κ1) is 24.1. The van der Waals surface area contributed by atoms with E-state index in [1.54, 1.807) is 24.3 Å². The number of para-hydroxylation sites is 1. The number of alkyl halides is 3. The molecular weight excluding hydrogens is 445 g/mol. The van der Waals surface area contributed by atoms with E-state index in [4.69, 9.17) is 0 Å². The molecule has 0 saturated carbocycles. The van der Waals surface area contributed by atoms with Crippen molar-refractivity contribution in [1.29, 1.82) is 0 Å². The normalized spacial score (nSPS) is 17.2. The third kappa shape index (κ3) is 6.05. The molecule has 1 aliphatic carbocycles. The van der Waals surface area contributed by atoms with Crippen LogP contribution in [0.2, 0.25) is 0 Å². The minimum atomic E-state index is -4.18. The van der Waals surface area contributed by atoms with E-state index in [9.17, 15) is 26.4 Å². The first-order chi connectivity index (χ1) is 15.1. The highest BCUT2D eigenvalue weighted by Crippen LogP contribution is 2.40. The molecule has 0 aliphatic heterocycles. The molecule has 7 nitrogen and oxygen atoms in total. The number of hydrogen-bond donors (Lipinski definition) is 3. The molecule has 1 atom stereocenters. The average molecular weight is 471 g/mol. The van der Waals surface area contributed by atoms with Crippen molar-refractivity contribution in [1.82, 2.24) is 19.7 Å². The molecule has 11 heteroatoms. The number of pyridine rings is 1. The van der Waals surface area contributed by atoms with Gasteiger partial charge in [0.1, 0.15) is 0 Å². The molecule has 1 aliphatic rings. The van der Waals surface area contributed by atoms with Crippen LogP contribution in [0.3, 0.4) is 0 Å². The predicted octanol–water partition coefficient (Wildman–Crippen LogP) is 3.15. The number of amides is 1. The van der Waals surface area contributed by atoms with Crippen LogP contribution in [0.4, 0.5) is 13.2 Å². The molecule has 0 unspecified atom stereocenters. The predicted molar refractivity (Wildman–Crippen MR) is 116 cm³/mol. The number of fused-ring (bicyclic) bond motifs is 1. The lowest BCUT2D eigenvalue weighted by atomic mass is 9.85. The van der Waals surface area contributed by atoms with Gasteiger partial charge in [0.05, 0.1) is 17.0 Å². The molecule has 0 radical (unpaired) electrons. The van der Waals surface area contributed by atoms with Crippen molar-refractivity contribution >= 4 is 32.6 Å². The van der Waals surface area contributed by atoms with Crippen molar-refractivity contribution < 1.29 is 26.4 Å². The van der Waals surface area contributed by atoms with Crippen LogP contribution in [-0.2, 0) is 10.2 Å². The summed E-state index contributed by atoms with van der Waals surface area (Å²) >= 11 is 0. The Hall–Kier alpha value is -2.50. The molecule has 0 saturated heterocycles. The molecule has 1 heterocycles. The Kier molecular flexibility index (Phi) is 7.52. The lowest BCUT2D eigenvalue weighted by Crippen LogP contribution is -2.36. The highest BCUT2D eigenvalue weighted by molar-refractivity contribution is 7.87. The van der Waals surface area contributed by atoms with Crippen molar-refractivity contribution in [3.05, 3.63) is 47.7 Å². The van der Waals surface area contributed by atoms with E-state index in [-0.39, 0.29) is 31.8 Å². The van der Waals surface area contributed by atoms with Gasteiger partial charge in [-0.1, -0.05) is 24.3 Å². The van der Waals surface area contributed by atoms with Crippen molar-refractivity contribution in [2.45, 2.75) is 31.9 Å². The Balaban J connectivity index is 1.66. The second-order valence-corrected chi connectivity index (χ2v) is 9.26. The summed E-state index contributed by atoms with van der Waals surface area (Å²) in [6, 6.07) is 7.12. The topological polar surface area (TPSA) is 100 Å². The number of carbonyl (C=O) groups excluding carboxylic acids is 1. The molecule has 3 N–H and O–H groups in total. The lowest BCUT2D eigenvalue weighted by Gasteiger charge is -2.24. The van der Waals surface area contributed by atoms with Gasteiger partial charge < -0.3 is 5.32 Å². The van der Waals surface area contributed by atoms with Gasteiger partial charge in [0.2, 0.25) is 0 Å². The van der Waals surface area contributed by atoms with E-state index >= 15 is 0 Å². The van der Waals surface area contributed by atoms with E-state index in [0.717, 1.165) is 16.5 Å². The Labute approximate surface area is 184 Å². The molecule has 2 aromatic rings. The highest BCUT2D eigenvalue weighted by Gasteiger charge is 2.39.